The van der Waals surface area contributed by atoms with Crippen LogP contribution in [0.1, 0.15) is 37.7 Å². The molecule has 5 aromatic rings. The highest BCUT2D eigenvalue weighted by atomic mass is 16.5. The van der Waals surface area contributed by atoms with Crippen LogP contribution in [0, 0.1) is 20.8 Å². The third-order valence-corrected chi connectivity index (χ3v) is 6.55. The molecule has 0 spiro atoms. The van der Waals surface area contributed by atoms with Gasteiger partial charge in [-0.15, -0.1) is 5.10 Å². The highest BCUT2D eigenvalue weighted by molar-refractivity contribution is 5.99. The number of nitrogens with zero attached hydrogens (tertiary/aromatic N) is 3. The van der Waals surface area contributed by atoms with Crippen LogP contribution < -0.4 is 0 Å². The lowest BCUT2D eigenvalue weighted by Crippen LogP contribution is -2.15. The number of hydrogen-bond donors (Lipinski definition) is 0. The van der Waals surface area contributed by atoms with Gasteiger partial charge in [0.15, 0.2) is 18.2 Å². The summed E-state index contributed by atoms with van der Waals surface area (Å²) in [6.07, 6.45) is 0. The molecular formula is C32H27N3O3. The number of aryl methyl sites for hydroxylation is 2. The molecule has 0 aliphatic carbocycles. The van der Waals surface area contributed by atoms with Crippen molar-refractivity contribution in [3.05, 3.63) is 125 Å². The number of Topliss-reactive ketones (excluding diaryl/α,β-unsaturated/α-hetero) is 1. The van der Waals surface area contributed by atoms with Gasteiger partial charge in [0, 0.05) is 11.1 Å². The van der Waals surface area contributed by atoms with E-state index in [1.807, 2.05) is 106 Å². The number of rotatable bonds is 7. The number of hydrogen-bond acceptors (Lipinski definition) is 5. The molecule has 6 nitrogen and oxygen atoms in total. The number of ketones is 1. The number of carbonyl (C=O) groups excluding carboxylic acids is 2. The average molecular weight is 502 g/mol. The first-order valence-electron chi connectivity index (χ1n) is 12.4. The van der Waals surface area contributed by atoms with Crippen molar-refractivity contribution in [1.29, 1.82) is 0 Å². The quantitative estimate of drug-likeness (QED) is 0.186. The molecule has 0 amide bonds. The van der Waals surface area contributed by atoms with Crippen molar-refractivity contribution in [3.63, 3.8) is 0 Å². The third-order valence-electron chi connectivity index (χ3n) is 6.55. The largest absolute Gasteiger partial charge is 0.451 e. The van der Waals surface area contributed by atoms with Gasteiger partial charge in [0.2, 0.25) is 0 Å². The molecule has 188 valence electrons. The molecule has 0 fully saturated rings. The van der Waals surface area contributed by atoms with Crippen molar-refractivity contribution in [2.24, 2.45) is 0 Å². The second-order valence-corrected chi connectivity index (χ2v) is 9.20. The van der Waals surface area contributed by atoms with Crippen LogP contribution in [0.15, 0.2) is 97.1 Å². The molecule has 0 unspecified atom stereocenters. The first-order chi connectivity index (χ1) is 18.4. The highest BCUT2D eigenvalue weighted by Crippen LogP contribution is 2.25. The second kappa shape index (κ2) is 10.6. The van der Waals surface area contributed by atoms with Crippen LogP contribution in [0.25, 0.3) is 28.2 Å². The summed E-state index contributed by atoms with van der Waals surface area (Å²) in [5.74, 6) is -0.635. The maximum atomic E-state index is 12.9. The maximum absolute atomic E-state index is 12.9. The van der Waals surface area contributed by atoms with Crippen LogP contribution in [0.3, 0.4) is 0 Å². The molecule has 1 aromatic heterocycles. The van der Waals surface area contributed by atoms with Gasteiger partial charge in [-0.1, -0.05) is 96.6 Å². The van der Waals surface area contributed by atoms with Gasteiger partial charge in [0.05, 0.1) is 5.69 Å². The van der Waals surface area contributed by atoms with E-state index in [-0.39, 0.29) is 11.6 Å². The monoisotopic (exact) mass is 501 g/mol. The van der Waals surface area contributed by atoms with E-state index < -0.39 is 12.6 Å². The lowest BCUT2D eigenvalue weighted by atomic mass is 10.0. The average Bonchev–Trinajstić information content (AvgIpc) is 3.39. The van der Waals surface area contributed by atoms with Gasteiger partial charge in [0.25, 0.3) is 5.82 Å². The summed E-state index contributed by atoms with van der Waals surface area (Å²) < 4.78 is 7.01. The van der Waals surface area contributed by atoms with E-state index in [1.165, 1.54) is 0 Å². The number of carbonyl (C=O) groups is 2. The number of esters is 1. The minimum atomic E-state index is -0.753. The summed E-state index contributed by atoms with van der Waals surface area (Å²) in [6, 6.07) is 30.9. The van der Waals surface area contributed by atoms with Crippen LogP contribution in [0.5, 0.6) is 0 Å². The summed E-state index contributed by atoms with van der Waals surface area (Å²) in [5, 5.41) is 4.50. The van der Waals surface area contributed by atoms with Crippen LogP contribution in [-0.4, -0.2) is 33.1 Å². The minimum absolute atomic E-state index is 0.103. The second-order valence-electron chi connectivity index (χ2n) is 9.20. The topological polar surface area (TPSA) is 74.1 Å². The van der Waals surface area contributed by atoms with Gasteiger partial charge in [-0.25, -0.2) is 14.5 Å². The number of ether oxygens (including phenoxy) is 1. The van der Waals surface area contributed by atoms with Crippen molar-refractivity contribution >= 4 is 11.8 Å². The fourth-order valence-corrected chi connectivity index (χ4v) is 4.18. The molecule has 0 bridgehead atoms. The van der Waals surface area contributed by atoms with Crippen molar-refractivity contribution < 1.29 is 14.3 Å². The lowest BCUT2D eigenvalue weighted by Gasteiger charge is -2.11. The predicted octanol–water partition coefficient (Wildman–Crippen LogP) is 6.57. The van der Waals surface area contributed by atoms with Crippen molar-refractivity contribution in [3.8, 4) is 28.2 Å². The molecule has 0 aliphatic heterocycles. The first kappa shape index (κ1) is 24.8. The van der Waals surface area contributed by atoms with Crippen molar-refractivity contribution in [2.45, 2.75) is 20.8 Å². The maximum Gasteiger partial charge on any atom is 0.378 e. The molecule has 1 heterocycles. The zero-order valence-corrected chi connectivity index (χ0v) is 21.5. The smallest absolute Gasteiger partial charge is 0.378 e. The molecule has 5 rings (SSSR count). The third kappa shape index (κ3) is 5.15. The van der Waals surface area contributed by atoms with Gasteiger partial charge < -0.3 is 4.74 Å². The van der Waals surface area contributed by atoms with E-state index in [1.54, 1.807) is 16.8 Å². The Balaban J connectivity index is 1.37. The molecule has 0 saturated heterocycles. The Bertz CT molecular complexity index is 1600. The molecular weight excluding hydrogens is 474 g/mol. The summed E-state index contributed by atoms with van der Waals surface area (Å²) in [7, 11) is 0. The Morgan fingerprint density at radius 1 is 0.737 bits per heavy atom. The molecule has 4 aromatic carbocycles. The molecule has 0 aliphatic rings. The Labute approximate surface area is 221 Å². The van der Waals surface area contributed by atoms with E-state index in [2.05, 4.69) is 10.1 Å². The molecule has 0 atom stereocenters. The van der Waals surface area contributed by atoms with Crippen molar-refractivity contribution in [1.82, 2.24) is 14.8 Å². The summed E-state index contributed by atoms with van der Waals surface area (Å²) in [6.45, 7) is 5.63. The lowest BCUT2D eigenvalue weighted by molar-refractivity contribution is 0.0462. The molecule has 38 heavy (non-hydrogen) atoms. The zero-order chi connectivity index (χ0) is 26.6. The Hall–Kier alpha value is -4.84. The van der Waals surface area contributed by atoms with Gasteiger partial charge in [-0.3, -0.25) is 4.79 Å². The Morgan fingerprint density at radius 3 is 2.11 bits per heavy atom. The van der Waals surface area contributed by atoms with Crippen LogP contribution in [-0.2, 0) is 4.74 Å². The first-order valence-corrected chi connectivity index (χ1v) is 12.4. The molecule has 0 radical (unpaired) electrons. The normalized spacial score (nSPS) is 10.8. The van der Waals surface area contributed by atoms with E-state index in [0.29, 0.717) is 11.4 Å². The fraction of sp³-hybridized carbons (Fsp3) is 0.125. The Kier molecular flexibility index (Phi) is 6.96. The van der Waals surface area contributed by atoms with E-state index in [4.69, 9.17) is 4.74 Å². The standard InChI is InChI=1S/C32H27N3O3/c1-21-12-14-27(15-13-21)31-33-30(34-35(31)28-11-7-8-22(2)23(28)3)32(37)38-20-29(36)26-18-16-25(17-19-26)24-9-5-4-6-10-24/h4-19H,20H2,1-3H3. The van der Waals surface area contributed by atoms with E-state index >= 15 is 0 Å². The van der Waals surface area contributed by atoms with Gasteiger partial charge in [-0.2, -0.15) is 0 Å². The number of benzene rings is 4. The summed E-state index contributed by atoms with van der Waals surface area (Å²) in [5.41, 5.74) is 7.41. The SMILES string of the molecule is Cc1ccc(-c2nc(C(=O)OCC(=O)c3ccc(-c4ccccc4)cc3)nn2-c2cccc(C)c2C)cc1. The van der Waals surface area contributed by atoms with Crippen LogP contribution >= 0.6 is 0 Å². The van der Waals surface area contributed by atoms with Gasteiger partial charge >= 0.3 is 5.97 Å². The van der Waals surface area contributed by atoms with Crippen LogP contribution in [0.2, 0.25) is 0 Å². The van der Waals surface area contributed by atoms with E-state index in [0.717, 1.165) is 39.1 Å². The molecule has 0 saturated carbocycles. The van der Waals surface area contributed by atoms with Crippen molar-refractivity contribution in [2.75, 3.05) is 6.61 Å². The Morgan fingerprint density at radius 2 is 1.39 bits per heavy atom. The van der Waals surface area contributed by atoms with Gasteiger partial charge in [-0.05, 0) is 49.1 Å². The van der Waals surface area contributed by atoms with E-state index in [9.17, 15) is 9.59 Å². The summed E-state index contributed by atoms with van der Waals surface area (Å²) >= 11 is 0. The minimum Gasteiger partial charge on any atom is -0.451 e. The molecule has 0 N–H and O–H groups in total. The zero-order valence-electron chi connectivity index (χ0n) is 21.5. The number of aromatic nitrogens is 3. The highest BCUT2D eigenvalue weighted by Gasteiger charge is 2.22. The fourth-order valence-electron chi connectivity index (χ4n) is 4.18. The molecule has 6 heteroatoms. The van der Waals surface area contributed by atoms with Crippen LogP contribution in [0.4, 0.5) is 0 Å². The van der Waals surface area contributed by atoms with Gasteiger partial charge in [0.1, 0.15) is 0 Å². The summed E-state index contributed by atoms with van der Waals surface area (Å²) in [4.78, 5) is 30.2. The predicted molar refractivity (Wildman–Crippen MR) is 147 cm³/mol.